The molecule has 4 N–H and O–H groups in total. The average Bonchev–Trinajstić information content (AvgIpc) is 2.38. The van der Waals surface area contributed by atoms with E-state index >= 15 is 0 Å². The van der Waals surface area contributed by atoms with Crippen LogP contribution in [0.25, 0.3) is 10.8 Å². The first-order chi connectivity index (χ1) is 9.57. The molecule has 1 aliphatic rings. The predicted molar refractivity (Wildman–Crippen MR) is 79.6 cm³/mol. The fraction of sp³-hybridized carbons (Fsp3) is 0.312. The number of fused-ring (bicyclic) bond motifs is 1. The third-order valence-electron chi connectivity index (χ3n) is 4.04. The van der Waals surface area contributed by atoms with Gasteiger partial charge >= 0.3 is 0 Å². The summed E-state index contributed by atoms with van der Waals surface area (Å²) in [5.74, 6) is 0.149. The highest BCUT2D eigenvalue weighted by Gasteiger charge is 2.34. The van der Waals surface area contributed by atoms with Crippen LogP contribution in [0.2, 0.25) is 0 Å². The third kappa shape index (κ3) is 2.34. The van der Waals surface area contributed by atoms with Gasteiger partial charge in [0.2, 0.25) is 5.91 Å². The smallest absolute Gasteiger partial charge is 0.226 e. The molecule has 20 heavy (non-hydrogen) atoms. The van der Waals surface area contributed by atoms with Crippen molar-refractivity contribution in [1.29, 1.82) is 0 Å². The first-order valence-corrected chi connectivity index (χ1v) is 6.87. The number of hydrogen-bond donors (Lipinski definition) is 3. The van der Waals surface area contributed by atoms with E-state index in [1.54, 1.807) is 12.1 Å². The molecule has 0 saturated heterocycles. The van der Waals surface area contributed by atoms with Crippen molar-refractivity contribution >= 4 is 22.4 Å². The van der Waals surface area contributed by atoms with E-state index in [-0.39, 0.29) is 17.2 Å². The van der Waals surface area contributed by atoms with E-state index in [4.69, 9.17) is 5.73 Å². The zero-order valence-corrected chi connectivity index (χ0v) is 11.2. The zero-order valence-electron chi connectivity index (χ0n) is 11.2. The van der Waals surface area contributed by atoms with Gasteiger partial charge < -0.3 is 16.2 Å². The Bertz CT molecular complexity index is 663. The van der Waals surface area contributed by atoms with E-state index in [0.717, 1.165) is 30.0 Å². The molecule has 1 fully saturated rings. The quantitative estimate of drug-likeness (QED) is 0.802. The van der Waals surface area contributed by atoms with Crippen molar-refractivity contribution in [2.75, 3.05) is 5.32 Å². The first kappa shape index (κ1) is 12.9. The van der Waals surface area contributed by atoms with Gasteiger partial charge in [0.05, 0.1) is 0 Å². The summed E-state index contributed by atoms with van der Waals surface area (Å²) >= 11 is 0. The SMILES string of the molecule is NC1(CC(=O)Nc2cccc3c(O)cccc23)CCC1. The Morgan fingerprint density at radius 1 is 1.20 bits per heavy atom. The molecule has 0 atom stereocenters. The molecule has 0 spiro atoms. The van der Waals surface area contributed by atoms with Gasteiger partial charge in [0.15, 0.2) is 0 Å². The van der Waals surface area contributed by atoms with Gasteiger partial charge in [-0.15, -0.1) is 0 Å². The number of nitrogens with one attached hydrogen (secondary N) is 1. The largest absolute Gasteiger partial charge is 0.507 e. The maximum Gasteiger partial charge on any atom is 0.226 e. The third-order valence-corrected chi connectivity index (χ3v) is 4.04. The van der Waals surface area contributed by atoms with Gasteiger partial charge in [-0.1, -0.05) is 24.3 Å². The van der Waals surface area contributed by atoms with Crippen molar-refractivity contribution in [2.45, 2.75) is 31.2 Å². The molecule has 0 radical (unpaired) electrons. The summed E-state index contributed by atoms with van der Waals surface area (Å²) in [6, 6.07) is 10.8. The minimum Gasteiger partial charge on any atom is -0.507 e. The fourth-order valence-corrected chi connectivity index (χ4v) is 2.72. The minimum absolute atomic E-state index is 0.0666. The van der Waals surface area contributed by atoms with Crippen LogP contribution >= 0.6 is 0 Å². The average molecular weight is 270 g/mol. The highest BCUT2D eigenvalue weighted by molar-refractivity contribution is 6.04. The van der Waals surface area contributed by atoms with Gasteiger partial charge in [0.25, 0.3) is 0 Å². The highest BCUT2D eigenvalue weighted by atomic mass is 16.3. The second-order valence-corrected chi connectivity index (χ2v) is 5.62. The number of benzene rings is 2. The van der Waals surface area contributed by atoms with Crippen LogP contribution in [-0.4, -0.2) is 16.6 Å². The Morgan fingerprint density at radius 2 is 1.90 bits per heavy atom. The Hall–Kier alpha value is -2.07. The van der Waals surface area contributed by atoms with Crippen LogP contribution in [0.4, 0.5) is 5.69 Å². The molecule has 2 aromatic carbocycles. The molecule has 2 aromatic rings. The molecule has 4 heteroatoms. The molecule has 0 unspecified atom stereocenters. The minimum atomic E-state index is -0.323. The summed E-state index contributed by atoms with van der Waals surface area (Å²) in [6.07, 6.45) is 3.28. The van der Waals surface area contributed by atoms with Crippen molar-refractivity contribution in [3.05, 3.63) is 36.4 Å². The van der Waals surface area contributed by atoms with Crippen LogP contribution in [0.15, 0.2) is 36.4 Å². The van der Waals surface area contributed by atoms with Gasteiger partial charge in [0.1, 0.15) is 5.75 Å². The van der Waals surface area contributed by atoms with E-state index < -0.39 is 0 Å². The van der Waals surface area contributed by atoms with Gasteiger partial charge in [-0.25, -0.2) is 0 Å². The normalized spacial score (nSPS) is 16.6. The number of amides is 1. The summed E-state index contributed by atoms with van der Waals surface area (Å²) in [6.45, 7) is 0. The summed E-state index contributed by atoms with van der Waals surface area (Å²) in [7, 11) is 0. The Morgan fingerprint density at radius 3 is 2.60 bits per heavy atom. The number of phenolic OH excluding ortho intramolecular Hbond substituents is 1. The van der Waals surface area contributed by atoms with Crippen molar-refractivity contribution < 1.29 is 9.90 Å². The lowest BCUT2D eigenvalue weighted by Gasteiger charge is -2.37. The maximum atomic E-state index is 12.1. The molecule has 1 aliphatic carbocycles. The van der Waals surface area contributed by atoms with E-state index in [2.05, 4.69) is 5.32 Å². The van der Waals surface area contributed by atoms with Crippen LogP contribution in [0.5, 0.6) is 5.75 Å². The van der Waals surface area contributed by atoms with Gasteiger partial charge in [-0.3, -0.25) is 4.79 Å². The highest BCUT2D eigenvalue weighted by Crippen LogP contribution is 2.33. The lowest BCUT2D eigenvalue weighted by Crippen LogP contribution is -2.48. The molecule has 4 nitrogen and oxygen atoms in total. The van der Waals surface area contributed by atoms with Crippen molar-refractivity contribution in [3.63, 3.8) is 0 Å². The van der Waals surface area contributed by atoms with Crippen molar-refractivity contribution in [1.82, 2.24) is 0 Å². The number of aromatic hydroxyl groups is 1. The van der Waals surface area contributed by atoms with Crippen LogP contribution in [0.1, 0.15) is 25.7 Å². The second kappa shape index (κ2) is 4.80. The number of carbonyl (C=O) groups excluding carboxylic acids is 1. The summed E-state index contributed by atoms with van der Waals surface area (Å²) in [5.41, 5.74) is 6.48. The summed E-state index contributed by atoms with van der Waals surface area (Å²) in [4.78, 5) is 12.1. The zero-order chi connectivity index (χ0) is 14.2. The number of anilines is 1. The molecule has 0 aliphatic heterocycles. The van der Waals surface area contributed by atoms with Gasteiger partial charge in [-0.05, 0) is 31.4 Å². The van der Waals surface area contributed by atoms with E-state index in [1.165, 1.54) is 0 Å². The summed E-state index contributed by atoms with van der Waals surface area (Å²) in [5, 5.41) is 14.3. The van der Waals surface area contributed by atoms with Crippen molar-refractivity contribution in [2.24, 2.45) is 5.73 Å². The number of rotatable bonds is 3. The van der Waals surface area contributed by atoms with E-state index in [1.807, 2.05) is 24.3 Å². The standard InChI is InChI=1S/C16H18N2O2/c17-16(8-3-9-16)10-15(20)18-13-6-1-5-12-11(13)4-2-7-14(12)19/h1-2,4-7,19H,3,8-10,17H2,(H,18,20). The fourth-order valence-electron chi connectivity index (χ4n) is 2.72. The van der Waals surface area contributed by atoms with Crippen LogP contribution in [-0.2, 0) is 4.79 Å². The summed E-state index contributed by atoms with van der Waals surface area (Å²) < 4.78 is 0. The lowest BCUT2D eigenvalue weighted by molar-refractivity contribution is -0.118. The number of carbonyl (C=O) groups is 1. The first-order valence-electron chi connectivity index (χ1n) is 6.87. The molecule has 1 amide bonds. The van der Waals surface area contributed by atoms with Gasteiger partial charge in [-0.2, -0.15) is 0 Å². The number of hydrogen-bond acceptors (Lipinski definition) is 3. The van der Waals surface area contributed by atoms with Crippen LogP contribution in [0.3, 0.4) is 0 Å². The van der Waals surface area contributed by atoms with Crippen LogP contribution in [0, 0.1) is 0 Å². The molecule has 0 bridgehead atoms. The van der Waals surface area contributed by atoms with Crippen molar-refractivity contribution in [3.8, 4) is 5.75 Å². The van der Waals surface area contributed by atoms with Crippen LogP contribution < -0.4 is 11.1 Å². The van der Waals surface area contributed by atoms with E-state index in [0.29, 0.717) is 12.1 Å². The lowest BCUT2D eigenvalue weighted by atomic mass is 9.75. The number of nitrogens with two attached hydrogens (primary N) is 1. The topological polar surface area (TPSA) is 75.4 Å². The Labute approximate surface area is 117 Å². The molecule has 0 heterocycles. The van der Waals surface area contributed by atoms with E-state index in [9.17, 15) is 9.90 Å². The Kier molecular flexibility index (Phi) is 3.10. The number of phenols is 1. The maximum absolute atomic E-state index is 12.1. The molecule has 3 rings (SSSR count). The molecule has 1 saturated carbocycles. The molecular formula is C16H18N2O2. The molecular weight excluding hydrogens is 252 g/mol. The predicted octanol–water partition coefficient (Wildman–Crippen LogP) is 2.76. The van der Waals surface area contributed by atoms with Gasteiger partial charge in [0, 0.05) is 28.4 Å². The molecule has 104 valence electrons. The molecule has 0 aromatic heterocycles. The monoisotopic (exact) mass is 270 g/mol. The Balaban J connectivity index is 1.84. The second-order valence-electron chi connectivity index (χ2n) is 5.62.